The fourth-order valence-electron chi connectivity index (χ4n) is 12.1. The van der Waals surface area contributed by atoms with Crippen molar-refractivity contribution in [3.8, 4) is 0 Å². The lowest BCUT2D eigenvalue weighted by atomic mass is 9.97. The first-order chi connectivity index (χ1) is 51.3. The molecule has 12 atom stereocenters. The lowest BCUT2D eigenvalue weighted by molar-refractivity contribution is -0.138. The molecule has 0 spiro atoms. The topological polar surface area (TPSA) is 536 Å². The molecule has 3 aromatic heterocycles. The maximum absolute atomic E-state index is 14.8. The van der Waals surface area contributed by atoms with Crippen LogP contribution in [0.25, 0.3) is 21.8 Å². The first-order valence-electron chi connectivity index (χ1n) is 35.8. The third-order valence-corrected chi connectivity index (χ3v) is 18.0. The summed E-state index contributed by atoms with van der Waals surface area (Å²) in [5, 5.41) is 53.1. The number of carbonyl (C=O) groups excluding carboxylic acids is 13. The number of carboxylic acid groups (broad SMARTS) is 1. The molecule has 12 amide bonds. The standard InChI is InChI=1S/C74H102N18O16/c1-38(2)26-54(86-71(105)59(31-47-35-78-37-82-47)89-69(103)57(29-45-33-79-50-20-14-12-18-48(45)50)85-65(99)41(7)83-67(101)52(77-9)24-25-93)66(100)81-36-60(95)84-53(22-23-61(96)97)68(102)87-55(27-39(3)4)72(106)91-62(40(5)6)74(108)90-58(30-46-34-80-51-21-15-13-19-49(46)51)70(104)88-56(28-43-16-10-11-17-44(43)32-75)73(107)92-63(42(8)94)64(76)98/h10-21,25,33-35,37-42,52-59,62-63,77,79-80,94H,22-24,26-32,36,75H2,1-9H3,(H2,76,98)(H,78,82)(H,81,100)(H,83,101)(H,84,95)(H,85,99)(H,86,105)(H,87,102)(H,88,104)(H,89,103)(H,90,108)(H,91,106)(H,92,107)(H,96,97)/t41-,42+,52-,53-,54-,55-,56-,57-,58-,59-,62-,63-/m0/s1. The van der Waals surface area contributed by atoms with Crippen molar-refractivity contribution in [2.45, 2.75) is 192 Å². The molecule has 0 saturated carbocycles. The van der Waals surface area contributed by atoms with Crippen LogP contribution in [0.3, 0.4) is 0 Å². The van der Waals surface area contributed by atoms with Crippen molar-refractivity contribution in [3.05, 3.63) is 126 Å². The van der Waals surface area contributed by atoms with Crippen LogP contribution in [0, 0.1) is 17.8 Å². The van der Waals surface area contributed by atoms with Crippen molar-refractivity contribution in [3.63, 3.8) is 0 Å². The third kappa shape index (κ3) is 25.7. The van der Waals surface area contributed by atoms with E-state index in [4.69, 9.17) is 11.5 Å². The number of imidazole rings is 1. The molecule has 0 radical (unpaired) electrons. The normalized spacial score (nSPS) is 14.7. The fourth-order valence-corrected chi connectivity index (χ4v) is 12.1. The molecular weight excluding hydrogens is 1400 g/mol. The number of aromatic nitrogens is 4. The molecule has 0 aliphatic carbocycles. The Morgan fingerprint density at radius 1 is 0.491 bits per heavy atom. The monoisotopic (exact) mass is 1500 g/mol. The number of para-hydroxylation sites is 2. The number of rotatable bonds is 44. The van der Waals surface area contributed by atoms with Crippen LogP contribution in [0.15, 0.2) is 97.7 Å². The molecule has 584 valence electrons. The Bertz CT molecular complexity index is 4120. The lowest BCUT2D eigenvalue weighted by Gasteiger charge is -2.29. The number of nitrogens with one attached hydrogen (secondary N) is 15. The minimum absolute atomic E-state index is 0.0170. The maximum Gasteiger partial charge on any atom is 0.303 e. The Hall–Kier alpha value is -11.4. The summed E-state index contributed by atoms with van der Waals surface area (Å²) in [5.41, 5.74) is 15.8. The van der Waals surface area contributed by atoms with Gasteiger partial charge in [0.05, 0.1) is 25.0 Å². The third-order valence-electron chi connectivity index (χ3n) is 18.0. The minimum atomic E-state index is -1.65. The van der Waals surface area contributed by atoms with Crippen LogP contribution >= 0.6 is 0 Å². The molecule has 21 N–H and O–H groups in total. The summed E-state index contributed by atoms with van der Waals surface area (Å²) in [7, 11) is 1.47. The highest BCUT2D eigenvalue weighted by Gasteiger charge is 2.38. The van der Waals surface area contributed by atoms with Crippen molar-refractivity contribution >= 4 is 105 Å². The average Bonchev–Trinajstić information content (AvgIpc) is 1.63. The van der Waals surface area contributed by atoms with Gasteiger partial charge < -0.3 is 105 Å². The summed E-state index contributed by atoms with van der Waals surface area (Å²) in [6, 6.07) is 5.85. The van der Waals surface area contributed by atoms with Gasteiger partial charge in [-0.2, -0.15) is 0 Å². The van der Waals surface area contributed by atoms with Gasteiger partial charge in [-0.1, -0.05) is 102 Å². The molecule has 108 heavy (non-hydrogen) atoms. The first kappa shape index (κ1) is 85.5. The van der Waals surface area contributed by atoms with E-state index in [1.807, 2.05) is 12.1 Å². The Labute approximate surface area is 624 Å². The second-order valence-electron chi connectivity index (χ2n) is 27.8. The average molecular weight is 1500 g/mol. The number of nitrogens with zero attached hydrogens (tertiary/aromatic N) is 1. The highest BCUT2D eigenvalue weighted by molar-refractivity contribution is 6.00. The molecule has 34 heteroatoms. The molecule has 0 saturated heterocycles. The number of aldehydes is 1. The van der Waals surface area contributed by atoms with E-state index >= 15 is 0 Å². The summed E-state index contributed by atoms with van der Waals surface area (Å²) in [6.07, 6.45) is 3.06. The van der Waals surface area contributed by atoms with E-state index < -0.39 is 175 Å². The van der Waals surface area contributed by atoms with Gasteiger partial charge in [0.15, 0.2) is 0 Å². The van der Waals surface area contributed by atoms with Crippen LogP contribution in [0.2, 0.25) is 0 Å². The molecule has 3 aromatic carbocycles. The largest absolute Gasteiger partial charge is 0.481 e. The number of H-pyrrole nitrogens is 3. The number of fused-ring (bicyclic) bond motifs is 2. The number of carboxylic acids is 1. The summed E-state index contributed by atoms with van der Waals surface area (Å²) in [6.45, 7) is 12.1. The van der Waals surface area contributed by atoms with Gasteiger partial charge in [-0.15, -0.1) is 0 Å². The molecule has 0 bridgehead atoms. The number of aliphatic hydroxyl groups excluding tert-OH is 1. The van der Waals surface area contributed by atoms with Crippen LogP contribution in [0.5, 0.6) is 0 Å². The fraction of sp³-hybridized carbons (Fsp3) is 0.473. The Balaban J connectivity index is 1.18. The molecule has 0 aliphatic rings. The van der Waals surface area contributed by atoms with Gasteiger partial charge in [0.25, 0.3) is 0 Å². The Morgan fingerprint density at radius 3 is 1.42 bits per heavy atom. The molecule has 3 heterocycles. The van der Waals surface area contributed by atoms with E-state index in [9.17, 15) is 77.3 Å². The number of aliphatic carboxylic acids is 1. The maximum atomic E-state index is 14.8. The number of nitrogens with two attached hydrogens (primary N) is 2. The van der Waals surface area contributed by atoms with Gasteiger partial charge in [-0.05, 0) is 92.3 Å². The van der Waals surface area contributed by atoms with Crippen LogP contribution in [0.4, 0.5) is 0 Å². The zero-order chi connectivity index (χ0) is 79.5. The predicted octanol–water partition coefficient (Wildman–Crippen LogP) is -1.26. The van der Waals surface area contributed by atoms with Gasteiger partial charge >= 0.3 is 5.97 Å². The van der Waals surface area contributed by atoms with Crippen LogP contribution in [-0.4, -0.2) is 199 Å². The molecule has 6 aromatic rings. The molecule has 0 unspecified atom stereocenters. The van der Waals surface area contributed by atoms with Crippen LogP contribution < -0.4 is 75.3 Å². The molecule has 34 nitrogen and oxygen atoms in total. The van der Waals surface area contributed by atoms with Crippen molar-refractivity contribution in [2.24, 2.45) is 29.2 Å². The van der Waals surface area contributed by atoms with Crippen molar-refractivity contribution in [2.75, 3.05) is 13.6 Å². The number of carbonyl (C=O) groups is 14. The number of primary amides is 1. The summed E-state index contributed by atoms with van der Waals surface area (Å²) >= 11 is 0. The quantitative estimate of drug-likeness (QED) is 0.0199. The zero-order valence-corrected chi connectivity index (χ0v) is 62.0. The van der Waals surface area contributed by atoms with E-state index in [1.54, 1.807) is 115 Å². The first-order valence-corrected chi connectivity index (χ1v) is 35.8. The van der Waals surface area contributed by atoms with E-state index in [2.05, 4.69) is 83.7 Å². The minimum Gasteiger partial charge on any atom is -0.481 e. The highest BCUT2D eigenvalue weighted by Crippen LogP contribution is 2.23. The predicted molar refractivity (Wildman–Crippen MR) is 397 cm³/mol. The Morgan fingerprint density at radius 2 is 0.935 bits per heavy atom. The second-order valence-corrected chi connectivity index (χ2v) is 27.8. The lowest BCUT2D eigenvalue weighted by Crippen LogP contribution is -2.61. The van der Waals surface area contributed by atoms with E-state index in [1.165, 1.54) is 33.4 Å². The van der Waals surface area contributed by atoms with Crippen molar-refractivity contribution in [1.82, 2.24) is 83.7 Å². The number of benzene rings is 3. The number of aliphatic hydroxyl groups is 1. The number of likely N-dealkylation sites (N-methyl/N-ethyl adjacent to an activating group) is 1. The van der Waals surface area contributed by atoms with Gasteiger partial charge in [0.1, 0.15) is 66.7 Å². The van der Waals surface area contributed by atoms with Crippen LogP contribution in [-0.2, 0) is 99.4 Å². The highest BCUT2D eigenvalue weighted by atomic mass is 16.4. The van der Waals surface area contributed by atoms with Gasteiger partial charge in [0.2, 0.25) is 70.9 Å². The molecular formula is C74H102N18O16. The summed E-state index contributed by atoms with van der Waals surface area (Å²) in [5.74, 6) is -13.3. The van der Waals surface area contributed by atoms with Crippen molar-refractivity contribution in [1.29, 1.82) is 0 Å². The van der Waals surface area contributed by atoms with Crippen LogP contribution in [0.1, 0.15) is 115 Å². The molecule has 6 rings (SSSR count). The van der Waals surface area contributed by atoms with Gasteiger partial charge in [-0.3, -0.25) is 62.3 Å². The number of aromatic amines is 3. The summed E-state index contributed by atoms with van der Waals surface area (Å²) in [4.78, 5) is 206. The van der Waals surface area contributed by atoms with Gasteiger partial charge in [-0.25, -0.2) is 4.98 Å². The number of hydrogen-bond donors (Lipinski definition) is 19. The summed E-state index contributed by atoms with van der Waals surface area (Å²) < 4.78 is 0. The number of amides is 12. The Kier molecular flexibility index (Phi) is 32.9. The SMILES string of the molecule is CN[C@@H](CC=O)C(=O)N[C@@H](C)C(=O)N[C@@H](Cc1c[nH]c2ccccc12)C(=O)N[C@@H](Cc1cnc[nH]1)C(=O)N[C@@H](CC(C)C)C(=O)NCC(=O)N[C@@H](CCC(=O)O)C(=O)N[C@@H](CC(C)C)C(=O)N[C@H](C(=O)N[C@@H](Cc1c[nH]c2ccccc12)C(=O)N[C@@H](Cc1ccccc1CN)C(=O)N[C@H](C(N)=O)[C@@H](C)O)C(C)C. The van der Waals surface area contributed by atoms with E-state index in [0.29, 0.717) is 45.1 Å². The molecule has 0 aliphatic heterocycles. The second kappa shape index (κ2) is 41.5. The van der Waals surface area contributed by atoms with Crippen molar-refractivity contribution < 1.29 is 77.3 Å². The van der Waals surface area contributed by atoms with E-state index in [0.717, 1.165) is 10.9 Å². The zero-order valence-electron chi connectivity index (χ0n) is 62.0. The molecule has 0 fully saturated rings. The van der Waals surface area contributed by atoms with E-state index in [-0.39, 0.29) is 63.3 Å². The van der Waals surface area contributed by atoms with Gasteiger partial charge in [0, 0.05) is 91.2 Å². The number of hydrogen-bond acceptors (Lipinski definition) is 18. The smallest absolute Gasteiger partial charge is 0.303 e.